The smallest absolute Gasteiger partial charge is 0.159 e. The van der Waals surface area contributed by atoms with Crippen LogP contribution in [0.1, 0.15) is 24.0 Å². The van der Waals surface area contributed by atoms with Crippen molar-refractivity contribution in [1.82, 2.24) is 5.32 Å². The van der Waals surface area contributed by atoms with Crippen molar-refractivity contribution < 1.29 is 13.2 Å². The Kier molecular flexibility index (Phi) is 4.10. The van der Waals surface area contributed by atoms with Gasteiger partial charge in [-0.1, -0.05) is 13.0 Å². The highest BCUT2D eigenvalue weighted by Crippen LogP contribution is 2.10. The molecule has 2 aromatic rings. The van der Waals surface area contributed by atoms with Gasteiger partial charge in [0.25, 0.3) is 0 Å². The Morgan fingerprint density at radius 2 is 1.78 bits per heavy atom. The van der Waals surface area contributed by atoms with E-state index in [1.807, 2.05) is 19.1 Å². The average Bonchev–Trinajstić information content (AvgIpc) is 2.82. The first-order valence-electron chi connectivity index (χ1n) is 5.91. The van der Waals surface area contributed by atoms with Gasteiger partial charge in [0.15, 0.2) is 11.6 Å². The summed E-state index contributed by atoms with van der Waals surface area (Å²) in [6.45, 7) is 3.07. The Morgan fingerprint density at radius 3 is 2.44 bits per heavy atom. The molecular formula is C14H15F2NO. The fourth-order valence-electron chi connectivity index (χ4n) is 1.69. The maximum atomic E-state index is 13.0. The van der Waals surface area contributed by atoms with Gasteiger partial charge in [-0.2, -0.15) is 0 Å². The monoisotopic (exact) mass is 251 g/mol. The molecule has 96 valence electrons. The Morgan fingerprint density at radius 1 is 1.00 bits per heavy atom. The van der Waals surface area contributed by atoms with Gasteiger partial charge < -0.3 is 9.73 Å². The van der Waals surface area contributed by atoms with Crippen molar-refractivity contribution in [2.75, 3.05) is 0 Å². The van der Waals surface area contributed by atoms with E-state index in [0.717, 1.165) is 24.0 Å². The maximum absolute atomic E-state index is 13.0. The molecule has 0 bridgehead atoms. The van der Waals surface area contributed by atoms with Gasteiger partial charge in [-0.05, 0) is 29.8 Å². The summed E-state index contributed by atoms with van der Waals surface area (Å²) >= 11 is 0. The normalized spacial score (nSPS) is 10.8. The summed E-state index contributed by atoms with van der Waals surface area (Å²) in [5, 5.41) is 3.12. The minimum Gasteiger partial charge on any atom is -0.465 e. The molecule has 1 heterocycles. The van der Waals surface area contributed by atoms with E-state index in [1.165, 1.54) is 6.07 Å². The number of furan rings is 1. The summed E-state index contributed by atoms with van der Waals surface area (Å²) in [7, 11) is 0. The van der Waals surface area contributed by atoms with Crippen molar-refractivity contribution in [2.24, 2.45) is 0 Å². The molecule has 0 aliphatic rings. The molecule has 1 aromatic carbocycles. The summed E-state index contributed by atoms with van der Waals surface area (Å²) < 4.78 is 31.2. The number of rotatable bonds is 5. The van der Waals surface area contributed by atoms with Crippen LogP contribution in [0.3, 0.4) is 0 Å². The first-order valence-corrected chi connectivity index (χ1v) is 5.91. The topological polar surface area (TPSA) is 25.2 Å². The standard InChI is InChI=1S/C14H15F2NO/c1-2-11-4-5-12(18-11)9-17-8-10-3-6-13(15)14(16)7-10/h3-7,17H,2,8-9H2,1H3. The van der Waals surface area contributed by atoms with Crippen LogP contribution in [0.15, 0.2) is 34.7 Å². The molecule has 0 amide bonds. The van der Waals surface area contributed by atoms with Crippen LogP contribution in [-0.2, 0) is 19.5 Å². The quantitative estimate of drug-likeness (QED) is 0.881. The molecule has 1 aromatic heterocycles. The van der Waals surface area contributed by atoms with Crippen molar-refractivity contribution >= 4 is 0 Å². The van der Waals surface area contributed by atoms with E-state index < -0.39 is 11.6 Å². The molecule has 0 aliphatic carbocycles. The van der Waals surface area contributed by atoms with Crippen LogP contribution >= 0.6 is 0 Å². The fourth-order valence-corrected chi connectivity index (χ4v) is 1.69. The summed E-state index contributed by atoms with van der Waals surface area (Å²) in [6, 6.07) is 7.74. The third-order valence-electron chi connectivity index (χ3n) is 2.68. The molecule has 2 nitrogen and oxygen atoms in total. The lowest BCUT2D eigenvalue weighted by Crippen LogP contribution is -2.12. The zero-order chi connectivity index (χ0) is 13.0. The van der Waals surface area contributed by atoms with Crippen LogP contribution in [0.5, 0.6) is 0 Å². The van der Waals surface area contributed by atoms with E-state index >= 15 is 0 Å². The first kappa shape index (κ1) is 12.8. The molecule has 4 heteroatoms. The molecule has 0 radical (unpaired) electrons. The van der Waals surface area contributed by atoms with E-state index in [0.29, 0.717) is 18.7 Å². The average molecular weight is 251 g/mol. The van der Waals surface area contributed by atoms with E-state index in [4.69, 9.17) is 4.42 Å². The lowest BCUT2D eigenvalue weighted by atomic mass is 10.2. The van der Waals surface area contributed by atoms with Gasteiger partial charge in [0.2, 0.25) is 0 Å². The van der Waals surface area contributed by atoms with Crippen molar-refractivity contribution in [3.05, 3.63) is 59.1 Å². The SMILES string of the molecule is CCc1ccc(CNCc2ccc(F)c(F)c2)o1. The lowest BCUT2D eigenvalue weighted by Gasteiger charge is -2.03. The second-order valence-electron chi connectivity index (χ2n) is 4.07. The second-order valence-corrected chi connectivity index (χ2v) is 4.07. The fraction of sp³-hybridized carbons (Fsp3) is 0.286. The molecule has 0 spiro atoms. The predicted octanol–water partition coefficient (Wildman–Crippen LogP) is 3.41. The van der Waals surface area contributed by atoms with E-state index in [1.54, 1.807) is 6.07 Å². The van der Waals surface area contributed by atoms with E-state index in [-0.39, 0.29) is 0 Å². The molecule has 0 atom stereocenters. The van der Waals surface area contributed by atoms with Gasteiger partial charge in [-0.25, -0.2) is 8.78 Å². The van der Waals surface area contributed by atoms with Crippen LogP contribution in [0.25, 0.3) is 0 Å². The predicted molar refractivity (Wildman–Crippen MR) is 65.0 cm³/mol. The highest BCUT2D eigenvalue weighted by molar-refractivity contribution is 5.17. The number of halogens is 2. The number of hydrogen-bond donors (Lipinski definition) is 1. The van der Waals surface area contributed by atoms with Crippen LogP contribution in [0.4, 0.5) is 8.78 Å². The van der Waals surface area contributed by atoms with Crippen molar-refractivity contribution in [2.45, 2.75) is 26.4 Å². The summed E-state index contributed by atoms with van der Waals surface area (Å²) in [6.07, 6.45) is 0.864. The van der Waals surface area contributed by atoms with Gasteiger partial charge in [-0.3, -0.25) is 0 Å². The van der Waals surface area contributed by atoms with E-state index in [2.05, 4.69) is 5.32 Å². The molecule has 0 fully saturated rings. The minimum atomic E-state index is -0.822. The highest BCUT2D eigenvalue weighted by atomic mass is 19.2. The van der Waals surface area contributed by atoms with Gasteiger partial charge >= 0.3 is 0 Å². The van der Waals surface area contributed by atoms with Gasteiger partial charge in [-0.15, -0.1) is 0 Å². The third kappa shape index (κ3) is 3.17. The third-order valence-corrected chi connectivity index (χ3v) is 2.68. The summed E-state index contributed by atoms with van der Waals surface area (Å²) in [5.41, 5.74) is 0.705. The molecule has 0 aliphatic heterocycles. The Balaban J connectivity index is 1.86. The minimum absolute atomic E-state index is 0.472. The van der Waals surface area contributed by atoms with Crippen LogP contribution in [0, 0.1) is 11.6 Å². The number of nitrogens with one attached hydrogen (secondary N) is 1. The maximum Gasteiger partial charge on any atom is 0.159 e. The second kappa shape index (κ2) is 5.78. The molecule has 0 unspecified atom stereocenters. The van der Waals surface area contributed by atoms with Crippen molar-refractivity contribution in [1.29, 1.82) is 0 Å². The largest absolute Gasteiger partial charge is 0.465 e. The van der Waals surface area contributed by atoms with Crippen molar-refractivity contribution in [3.8, 4) is 0 Å². The molecule has 0 saturated carbocycles. The number of hydrogen-bond acceptors (Lipinski definition) is 2. The molecule has 18 heavy (non-hydrogen) atoms. The van der Waals surface area contributed by atoms with Gasteiger partial charge in [0.1, 0.15) is 11.5 Å². The summed E-state index contributed by atoms with van der Waals surface area (Å²) in [5.74, 6) is 0.145. The highest BCUT2D eigenvalue weighted by Gasteiger charge is 2.03. The Labute approximate surface area is 105 Å². The molecule has 2 rings (SSSR count). The summed E-state index contributed by atoms with van der Waals surface area (Å²) in [4.78, 5) is 0. The molecular weight excluding hydrogens is 236 g/mol. The number of aryl methyl sites for hydroxylation is 1. The molecule has 1 N–H and O–H groups in total. The Hall–Kier alpha value is -1.68. The number of benzene rings is 1. The van der Waals surface area contributed by atoms with Crippen molar-refractivity contribution in [3.63, 3.8) is 0 Å². The van der Waals surface area contributed by atoms with Crippen LogP contribution in [0.2, 0.25) is 0 Å². The van der Waals surface area contributed by atoms with Gasteiger partial charge in [0, 0.05) is 13.0 Å². The zero-order valence-corrected chi connectivity index (χ0v) is 10.2. The van der Waals surface area contributed by atoms with E-state index in [9.17, 15) is 8.78 Å². The van der Waals surface area contributed by atoms with Crippen LogP contribution in [-0.4, -0.2) is 0 Å². The first-order chi connectivity index (χ1) is 8.69. The van der Waals surface area contributed by atoms with Gasteiger partial charge in [0.05, 0.1) is 6.54 Å². The lowest BCUT2D eigenvalue weighted by molar-refractivity contribution is 0.449. The van der Waals surface area contributed by atoms with Crippen LogP contribution < -0.4 is 5.32 Å². The Bertz CT molecular complexity index is 522. The molecule has 0 saturated heterocycles. The zero-order valence-electron chi connectivity index (χ0n) is 10.2.